The minimum atomic E-state index is -2.77. The molecule has 0 saturated carbocycles. The van der Waals surface area contributed by atoms with E-state index in [0.29, 0.717) is 12.1 Å². The molecule has 2 aromatic rings. The van der Waals surface area contributed by atoms with Crippen molar-refractivity contribution in [2.24, 2.45) is 0 Å². The molecule has 1 nitrogen and oxygen atoms in total. The topological polar surface area (TPSA) is 3.24 Å². The monoisotopic (exact) mass is 357 g/mol. The van der Waals surface area contributed by atoms with Crippen LogP contribution in [0.1, 0.15) is 48.8 Å². The second kappa shape index (κ2) is 7.28. The highest BCUT2D eigenvalue weighted by molar-refractivity contribution is 5.68. The van der Waals surface area contributed by atoms with Gasteiger partial charge in [-0.05, 0) is 48.1 Å². The Balaban J connectivity index is 1.59. The Morgan fingerprint density at radius 2 is 1.85 bits per heavy atom. The van der Waals surface area contributed by atoms with E-state index >= 15 is 0 Å². The number of rotatable bonds is 4. The van der Waals surface area contributed by atoms with E-state index in [1.54, 1.807) is 6.07 Å². The van der Waals surface area contributed by atoms with Crippen LogP contribution < -0.4 is 0 Å². The van der Waals surface area contributed by atoms with Crippen LogP contribution in [0.2, 0.25) is 0 Å². The predicted octanol–water partition coefficient (Wildman–Crippen LogP) is 5.97. The molecular weight excluding hydrogens is 335 g/mol. The number of benzene rings is 2. The van der Waals surface area contributed by atoms with E-state index in [4.69, 9.17) is 0 Å². The van der Waals surface area contributed by atoms with Gasteiger partial charge < -0.3 is 0 Å². The summed E-state index contributed by atoms with van der Waals surface area (Å²) in [4.78, 5) is 2.53. The summed E-state index contributed by atoms with van der Waals surface area (Å²) in [6.45, 7) is 0.915. The lowest BCUT2D eigenvalue weighted by atomic mass is 9.82. The highest BCUT2D eigenvalue weighted by Crippen LogP contribution is 2.38. The van der Waals surface area contributed by atoms with Crippen LogP contribution in [0.4, 0.5) is 13.2 Å². The number of hydrogen-bond donors (Lipinski definition) is 0. The van der Waals surface area contributed by atoms with Gasteiger partial charge in [0.05, 0.1) is 5.56 Å². The fourth-order valence-electron chi connectivity index (χ4n) is 4.28. The summed E-state index contributed by atoms with van der Waals surface area (Å²) >= 11 is 0. The molecule has 2 aliphatic heterocycles. The average molecular weight is 357 g/mol. The molecule has 0 spiro atoms. The maximum absolute atomic E-state index is 14.0. The lowest BCUT2D eigenvalue weighted by Crippen LogP contribution is -2.47. The van der Waals surface area contributed by atoms with Crippen LogP contribution in [0.15, 0.2) is 54.6 Å². The quantitative estimate of drug-likeness (QED) is 0.651. The molecule has 1 saturated heterocycles. The van der Waals surface area contributed by atoms with Crippen LogP contribution in [0.3, 0.4) is 0 Å². The van der Waals surface area contributed by atoms with Crippen molar-refractivity contribution in [3.8, 4) is 0 Å². The first-order chi connectivity index (χ1) is 12.6. The molecule has 4 rings (SSSR count). The van der Waals surface area contributed by atoms with E-state index in [1.807, 2.05) is 6.07 Å². The minimum Gasteiger partial charge on any atom is -0.289 e. The van der Waals surface area contributed by atoms with E-state index in [9.17, 15) is 13.2 Å². The van der Waals surface area contributed by atoms with Crippen LogP contribution in [-0.4, -0.2) is 17.0 Å². The van der Waals surface area contributed by atoms with Crippen molar-refractivity contribution >= 4 is 5.57 Å². The molecule has 2 aromatic carbocycles. The Hall–Kier alpha value is -2.07. The largest absolute Gasteiger partial charge is 0.289 e. The average Bonchev–Trinajstić information content (AvgIpc) is 2.62. The molecule has 2 aliphatic rings. The van der Waals surface area contributed by atoms with Gasteiger partial charge in [-0.2, -0.15) is 0 Å². The first-order valence-electron chi connectivity index (χ1n) is 9.20. The van der Waals surface area contributed by atoms with Gasteiger partial charge in [0, 0.05) is 18.6 Å². The summed E-state index contributed by atoms with van der Waals surface area (Å²) < 4.78 is 39.6. The lowest BCUT2D eigenvalue weighted by Gasteiger charge is -2.45. The summed E-state index contributed by atoms with van der Waals surface area (Å²) in [5.41, 5.74) is 2.61. The molecule has 136 valence electrons. The zero-order valence-electron chi connectivity index (χ0n) is 14.5. The molecule has 0 aromatic heterocycles. The Morgan fingerprint density at radius 1 is 1.04 bits per heavy atom. The Labute approximate surface area is 152 Å². The van der Waals surface area contributed by atoms with Crippen molar-refractivity contribution in [3.05, 3.63) is 77.1 Å². The number of fused-ring (bicyclic) bond motifs is 2. The van der Waals surface area contributed by atoms with Gasteiger partial charge in [0.1, 0.15) is 5.82 Å². The summed E-state index contributed by atoms with van der Waals surface area (Å²) in [6.07, 6.45) is 3.70. The summed E-state index contributed by atoms with van der Waals surface area (Å²) in [5, 5.41) is 0. The van der Waals surface area contributed by atoms with Crippen molar-refractivity contribution in [2.75, 3.05) is 0 Å². The second-order valence-corrected chi connectivity index (χ2v) is 7.24. The van der Waals surface area contributed by atoms with Crippen molar-refractivity contribution in [1.29, 1.82) is 0 Å². The summed E-state index contributed by atoms with van der Waals surface area (Å²) in [5.74, 6) is -0.810. The Kier molecular flexibility index (Phi) is 4.86. The lowest BCUT2D eigenvalue weighted by molar-refractivity contribution is 0.0951. The van der Waals surface area contributed by atoms with Gasteiger partial charge in [0.2, 0.25) is 0 Å². The van der Waals surface area contributed by atoms with Crippen LogP contribution >= 0.6 is 0 Å². The minimum absolute atomic E-state index is 0.329. The van der Waals surface area contributed by atoms with E-state index in [2.05, 4.69) is 35.2 Å². The molecule has 0 aliphatic carbocycles. The van der Waals surface area contributed by atoms with Gasteiger partial charge in [-0.1, -0.05) is 48.9 Å². The standard InChI is InChI=1S/C22H22F3N/c23-21-13-16(9-10-20(21)22(24)25)17-11-18-7-4-8-19(12-17)26(18)14-15-5-2-1-3-6-15/h1-3,5-6,9-11,13,18-19,22H,4,7-8,12,14H2. The molecule has 0 radical (unpaired) electrons. The Morgan fingerprint density at radius 3 is 2.54 bits per heavy atom. The molecule has 0 amide bonds. The van der Waals surface area contributed by atoms with Crippen LogP contribution in [0.5, 0.6) is 0 Å². The summed E-state index contributed by atoms with van der Waals surface area (Å²) in [7, 11) is 0. The second-order valence-electron chi connectivity index (χ2n) is 7.24. The smallest absolute Gasteiger partial charge is 0.266 e. The molecule has 2 unspecified atom stereocenters. The normalized spacial score (nSPS) is 23.2. The van der Waals surface area contributed by atoms with E-state index in [1.165, 1.54) is 24.1 Å². The number of hydrogen-bond acceptors (Lipinski definition) is 1. The first kappa shape index (κ1) is 17.3. The maximum atomic E-state index is 14.0. The zero-order chi connectivity index (χ0) is 18.1. The summed E-state index contributed by atoms with van der Waals surface area (Å²) in [6, 6.07) is 15.3. The molecule has 2 bridgehead atoms. The molecule has 0 N–H and O–H groups in total. The molecule has 2 heterocycles. The van der Waals surface area contributed by atoms with Crippen molar-refractivity contribution in [2.45, 2.75) is 50.7 Å². The predicted molar refractivity (Wildman–Crippen MR) is 97.4 cm³/mol. The fraction of sp³-hybridized carbons (Fsp3) is 0.364. The van der Waals surface area contributed by atoms with Gasteiger partial charge in [0.25, 0.3) is 6.43 Å². The van der Waals surface area contributed by atoms with Gasteiger partial charge >= 0.3 is 0 Å². The van der Waals surface area contributed by atoms with Gasteiger partial charge in [-0.25, -0.2) is 13.2 Å². The number of piperidine rings is 1. The third kappa shape index (κ3) is 3.43. The molecular formula is C22H22F3N. The number of nitrogens with zero attached hydrogens (tertiary/aromatic N) is 1. The zero-order valence-corrected chi connectivity index (χ0v) is 14.5. The SMILES string of the molecule is Fc1cc(C2=CC3CCCC(C2)N3Cc2ccccc2)ccc1C(F)F. The highest BCUT2D eigenvalue weighted by atomic mass is 19.3. The van der Waals surface area contributed by atoms with Crippen molar-refractivity contribution in [1.82, 2.24) is 4.90 Å². The highest BCUT2D eigenvalue weighted by Gasteiger charge is 2.34. The molecule has 26 heavy (non-hydrogen) atoms. The maximum Gasteiger partial charge on any atom is 0.266 e. The Bertz CT molecular complexity index is 800. The van der Waals surface area contributed by atoms with Gasteiger partial charge in [0.15, 0.2) is 0 Å². The van der Waals surface area contributed by atoms with Crippen molar-refractivity contribution in [3.63, 3.8) is 0 Å². The third-order valence-electron chi connectivity index (χ3n) is 5.60. The van der Waals surface area contributed by atoms with Crippen molar-refractivity contribution < 1.29 is 13.2 Å². The van der Waals surface area contributed by atoms with Crippen LogP contribution in [0, 0.1) is 5.82 Å². The van der Waals surface area contributed by atoms with Gasteiger partial charge in [-0.3, -0.25) is 4.90 Å². The number of alkyl halides is 2. The molecule has 2 atom stereocenters. The molecule has 4 heteroatoms. The number of halogens is 3. The van der Waals surface area contributed by atoms with Gasteiger partial charge in [-0.15, -0.1) is 0 Å². The fourth-order valence-corrected chi connectivity index (χ4v) is 4.28. The van der Waals surface area contributed by atoms with E-state index < -0.39 is 17.8 Å². The van der Waals surface area contributed by atoms with E-state index in [-0.39, 0.29) is 0 Å². The van der Waals surface area contributed by atoms with Crippen LogP contribution in [0.25, 0.3) is 5.57 Å². The van der Waals surface area contributed by atoms with E-state index in [0.717, 1.165) is 36.9 Å². The van der Waals surface area contributed by atoms with Crippen LogP contribution in [-0.2, 0) is 6.54 Å². The third-order valence-corrected chi connectivity index (χ3v) is 5.60. The first-order valence-corrected chi connectivity index (χ1v) is 9.20. The molecule has 1 fully saturated rings.